The molecule has 1 unspecified atom stereocenters. The first-order valence-corrected chi connectivity index (χ1v) is 5.14. The Bertz CT molecular complexity index is 271. The third kappa shape index (κ3) is 3.10. The summed E-state index contributed by atoms with van der Waals surface area (Å²) in [7, 11) is 0. The quantitative estimate of drug-likeness (QED) is 0.787. The average molecular weight is 198 g/mol. The van der Waals surface area contributed by atoms with Crippen molar-refractivity contribution in [3.63, 3.8) is 0 Å². The number of nitrogens with zero attached hydrogens (tertiary/aromatic N) is 2. The molecule has 1 atom stereocenters. The van der Waals surface area contributed by atoms with E-state index >= 15 is 0 Å². The summed E-state index contributed by atoms with van der Waals surface area (Å²) in [4.78, 5) is 4.14. The van der Waals surface area contributed by atoms with Gasteiger partial charge in [0, 0.05) is 6.42 Å². The van der Waals surface area contributed by atoms with Crippen molar-refractivity contribution in [3.05, 3.63) is 11.7 Å². The van der Waals surface area contributed by atoms with Crippen LogP contribution in [0.3, 0.4) is 0 Å². The lowest BCUT2D eigenvalue weighted by atomic mass is 10.1. The summed E-state index contributed by atoms with van der Waals surface area (Å²) in [5.41, 5.74) is 0. The zero-order chi connectivity index (χ0) is 10.6. The Labute approximate surface area is 84.3 Å². The Morgan fingerprint density at radius 3 is 2.71 bits per heavy atom. The first kappa shape index (κ1) is 11.2. The van der Waals surface area contributed by atoms with Crippen molar-refractivity contribution in [2.45, 2.75) is 46.1 Å². The summed E-state index contributed by atoms with van der Waals surface area (Å²) in [6.07, 6.45) is 1.78. The van der Waals surface area contributed by atoms with Crippen LogP contribution in [-0.2, 0) is 6.42 Å². The van der Waals surface area contributed by atoms with Gasteiger partial charge in [-0.25, -0.2) is 0 Å². The van der Waals surface area contributed by atoms with Gasteiger partial charge in [0.2, 0.25) is 5.89 Å². The van der Waals surface area contributed by atoms with Crippen LogP contribution in [0.4, 0.5) is 0 Å². The molecule has 4 heteroatoms. The number of hydrogen-bond donors (Lipinski definition) is 1. The lowest BCUT2D eigenvalue weighted by molar-refractivity contribution is 0.152. The van der Waals surface area contributed by atoms with Gasteiger partial charge in [0.25, 0.3) is 0 Å². The lowest BCUT2D eigenvalue weighted by Crippen LogP contribution is -2.00. The minimum absolute atomic E-state index is 0.419. The summed E-state index contributed by atoms with van der Waals surface area (Å²) < 4.78 is 5.02. The number of hydrogen-bond acceptors (Lipinski definition) is 4. The molecule has 0 aliphatic rings. The van der Waals surface area contributed by atoms with E-state index < -0.39 is 6.10 Å². The van der Waals surface area contributed by atoms with Crippen LogP contribution in [0.5, 0.6) is 0 Å². The SMILES string of the molecule is CCCC(O)c1noc(CC(C)C)n1. The molecule has 0 aliphatic heterocycles. The van der Waals surface area contributed by atoms with Gasteiger partial charge < -0.3 is 9.63 Å². The molecular formula is C10H18N2O2. The minimum Gasteiger partial charge on any atom is -0.385 e. The maximum absolute atomic E-state index is 9.58. The zero-order valence-electron chi connectivity index (χ0n) is 9.03. The van der Waals surface area contributed by atoms with Gasteiger partial charge in [-0.1, -0.05) is 32.3 Å². The van der Waals surface area contributed by atoms with Crippen LogP contribution in [-0.4, -0.2) is 15.2 Å². The third-order valence-corrected chi connectivity index (χ3v) is 1.93. The highest BCUT2D eigenvalue weighted by Gasteiger charge is 2.14. The van der Waals surface area contributed by atoms with E-state index in [1.54, 1.807) is 0 Å². The first-order valence-electron chi connectivity index (χ1n) is 5.14. The average Bonchev–Trinajstić information content (AvgIpc) is 2.52. The normalized spacial score (nSPS) is 13.5. The van der Waals surface area contributed by atoms with Crippen LogP contribution in [0, 0.1) is 5.92 Å². The van der Waals surface area contributed by atoms with Crippen molar-refractivity contribution < 1.29 is 9.63 Å². The van der Waals surface area contributed by atoms with Gasteiger partial charge in [0.05, 0.1) is 0 Å². The second-order valence-electron chi connectivity index (χ2n) is 3.95. The molecule has 1 aromatic rings. The van der Waals surface area contributed by atoms with E-state index in [4.69, 9.17) is 4.52 Å². The second-order valence-corrected chi connectivity index (χ2v) is 3.95. The van der Waals surface area contributed by atoms with Gasteiger partial charge in [-0.3, -0.25) is 0 Å². The Hall–Kier alpha value is -0.900. The molecule has 0 spiro atoms. The fraction of sp³-hybridized carbons (Fsp3) is 0.800. The van der Waals surface area contributed by atoms with Crippen molar-refractivity contribution in [2.75, 3.05) is 0 Å². The molecule has 80 valence electrons. The molecule has 0 bridgehead atoms. The molecular weight excluding hydrogens is 180 g/mol. The maximum Gasteiger partial charge on any atom is 0.226 e. The topological polar surface area (TPSA) is 59.2 Å². The molecule has 0 aromatic carbocycles. The van der Waals surface area contributed by atoms with Gasteiger partial charge >= 0.3 is 0 Å². The van der Waals surface area contributed by atoms with Gasteiger partial charge in [-0.2, -0.15) is 4.98 Å². The predicted octanol–water partition coefficient (Wildman–Crippen LogP) is 2.10. The molecule has 0 aliphatic carbocycles. The highest BCUT2D eigenvalue weighted by atomic mass is 16.5. The fourth-order valence-electron chi connectivity index (χ4n) is 1.24. The minimum atomic E-state index is -0.579. The van der Waals surface area contributed by atoms with E-state index in [2.05, 4.69) is 24.0 Å². The third-order valence-electron chi connectivity index (χ3n) is 1.93. The van der Waals surface area contributed by atoms with E-state index in [-0.39, 0.29) is 0 Å². The first-order chi connectivity index (χ1) is 6.63. The van der Waals surface area contributed by atoms with Crippen molar-refractivity contribution in [1.82, 2.24) is 10.1 Å². The molecule has 0 saturated carbocycles. The van der Waals surface area contributed by atoms with Crippen LogP contribution >= 0.6 is 0 Å². The molecule has 0 fully saturated rings. The summed E-state index contributed by atoms with van der Waals surface area (Å²) in [6.45, 7) is 6.19. The van der Waals surface area contributed by atoms with Gasteiger partial charge in [-0.05, 0) is 12.3 Å². The van der Waals surface area contributed by atoms with Crippen LogP contribution in [0.2, 0.25) is 0 Å². The Balaban J connectivity index is 2.58. The van der Waals surface area contributed by atoms with E-state index in [0.29, 0.717) is 24.1 Å². The van der Waals surface area contributed by atoms with Crippen LogP contribution in [0.1, 0.15) is 51.4 Å². The lowest BCUT2D eigenvalue weighted by Gasteiger charge is -2.01. The van der Waals surface area contributed by atoms with E-state index in [1.807, 2.05) is 6.92 Å². The molecule has 1 aromatic heterocycles. The van der Waals surface area contributed by atoms with Gasteiger partial charge in [-0.15, -0.1) is 0 Å². The van der Waals surface area contributed by atoms with E-state index in [0.717, 1.165) is 12.8 Å². The molecule has 0 amide bonds. The summed E-state index contributed by atoms with van der Waals surface area (Å²) in [6, 6.07) is 0. The Morgan fingerprint density at radius 1 is 1.43 bits per heavy atom. The van der Waals surface area contributed by atoms with E-state index in [1.165, 1.54) is 0 Å². The fourth-order valence-corrected chi connectivity index (χ4v) is 1.24. The standard InChI is InChI=1S/C10H18N2O2/c1-4-5-8(13)10-11-9(14-12-10)6-7(2)3/h7-8,13H,4-6H2,1-3H3. The van der Waals surface area contributed by atoms with Crippen molar-refractivity contribution >= 4 is 0 Å². The molecule has 1 rings (SSSR count). The molecule has 0 radical (unpaired) electrons. The molecule has 0 saturated heterocycles. The highest BCUT2D eigenvalue weighted by molar-refractivity contribution is 4.91. The molecule has 4 nitrogen and oxygen atoms in total. The molecule has 1 N–H and O–H groups in total. The Morgan fingerprint density at radius 2 is 2.14 bits per heavy atom. The second kappa shape index (κ2) is 5.10. The number of aliphatic hydroxyl groups excluding tert-OH is 1. The summed E-state index contributed by atoms with van der Waals surface area (Å²) >= 11 is 0. The van der Waals surface area contributed by atoms with Crippen LogP contribution in [0.15, 0.2) is 4.52 Å². The number of aromatic nitrogens is 2. The van der Waals surface area contributed by atoms with E-state index in [9.17, 15) is 5.11 Å². The number of aliphatic hydroxyl groups is 1. The molecule has 14 heavy (non-hydrogen) atoms. The van der Waals surface area contributed by atoms with Gasteiger partial charge in [0.15, 0.2) is 5.82 Å². The smallest absolute Gasteiger partial charge is 0.226 e. The van der Waals surface area contributed by atoms with Crippen molar-refractivity contribution in [1.29, 1.82) is 0 Å². The monoisotopic (exact) mass is 198 g/mol. The van der Waals surface area contributed by atoms with Crippen molar-refractivity contribution in [3.8, 4) is 0 Å². The van der Waals surface area contributed by atoms with Crippen molar-refractivity contribution in [2.24, 2.45) is 5.92 Å². The van der Waals surface area contributed by atoms with Crippen LogP contribution in [0.25, 0.3) is 0 Å². The summed E-state index contributed by atoms with van der Waals surface area (Å²) in [5.74, 6) is 1.53. The summed E-state index contributed by atoms with van der Waals surface area (Å²) in [5, 5.41) is 13.3. The predicted molar refractivity (Wildman–Crippen MR) is 52.7 cm³/mol. The van der Waals surface area contributed by atoms with Gasteiger partial charge in [0.1, 0.15) is 6.10 Å². The highest BCUT2D eigenvalue weighted by Crippen LogP contribution is 2.15. The molecule has 1 heterocycles. The largest absolute Gasteiger partial charge is 0.385 e. The van der Waals surface area contributed by atoms with Crippen LogP contribution < -0.4 is 0 Å². The maximum atomic E-state index is 9.58. The number of rotatable bonds is 5. The zero-order valence-corrected chi connectivity index (χ0v) is 9.03. The Kier molecular flexibility index (Phi) is 4.07.